The number of esters is 2. The molecule has 0 bridgehead atoms. The summed E-state index contributed by atoms with van der Waals surface area (Å²) in [4.78, 5) is 24.5. The van der Waals surface area contributed by atoms with Gasteiger partial charge in [-0.25, -0.2) is 9.59 Å². The third-order valence-corrected chi connectivity index (χ3v) is 7.85. The summed E-state index contributed by atoms with van der Waals surface area (Å²) in [6.07, 6.45) is 10.1. The van der Waals surface area contributed by atoms with E-state index in [1.807, 2.05) is 0 Å². The van der Waals surface area contributed by atoms with E-state index in [4.69, 9.17) is 9.47 Å². The second kappa shape index (κ2) is 19.9. The third-order valence-electron chi connectivity index (χ3n) is 7.85. The topological polar surface area (TPSA) is 93.1 Å². The molecule has 1 unspecified atom stereocenters. The Morgan fingerprint density at radius 3 is 2.00 bits per heavy atom. The number of carbonyl (C=O) groups is 2. The van der Waals surface area contributed by atoms with E-state index < -0.39 is 17.9 Å². The molecule has 0 amide bonds. The van der Waals surface area contributed by atoms with Crippen LogP contribution in [0.1, 0.15) is 82.4 Å². The predicted octanol–water partition coefficient (Wildman–Crippen LogP) is 7.19. The molecule has 43 heavy (non-hydrogen) atoms. The van der Waals surface area contributed by atoms with Gasteiger partial charge >= 0.3 is 11.9 Å². The van der Waals surface area contributed by atoms with Crippen molar-refractivity contribution in [1.29, 1.82) is 0 Å². The number of carbonyl (C=O) groups excluding carboxylic acids is 2. The average Bonchev–Trinajstić information content (AvgIpc) is 3.02. The summed E-state index contributed by atoms with van der Waals surface area (Å²) in [5.74, 6) is -1.73. The molecule has 0 saturated carbocycles. The van der Waals surface area contributed by atoms with Crippen molar-refractivity contribution < 1.29 is 29.3 Å². The van der Waals surface area contributed by atoms with Crippen LogP contribution in [-0.4, -0.2) is 48.6 Å². The first kappa shape index (κ1) is 36.0. The van der Waals surface area contributed by atoms with Crippen LogP contribution in [0.3, 0.4) is 0 Å². The lowest BCUT2D eigenvalue weighted by Gasteiger charge is -2.19. The van der Waals surface area contributed by atoms with E-state index >= 15 is 0 Å². The molecule has 2 N–H and O–H groups in total. The van der Waals surface area contributed by atoms with E-state index in [0.717, 1.165) is 24.8 Å². The SMILES string of the molecule is C=C(C)C(=O)OCC(CCc1ccc(-c2ccc(CCCCCCC)c(CC)c2)cc1)COC(=O)C(=C)CC(CO)CO. The van der Waals surface area contributed by atoms with Crippen LogP contribution < -0.4 is 0 Å². The molecule has 0 fully saturated rings. The highest BCUT2D eigenvalue weighted by molar-refractivity contribution is 5.88. The third kappa shape index (κ3) is 12.9. The number of aliphatic hydroxyl groups excluding tert-OH is 2. The number of unbranched alkanes of at least 4 members (excludes halogenated alkanes) is 4. The van der Waals surface area contributed by atoms with Crippen LogP contribution in [-0.2, 0) is 38.3 Å². The van der Waals surface area contributed by atoms with Gasteiger partial charge in [0.05, 0.1) is 13.2 Å². The van der Waals surface area contributed by atoms with Crippen molar-refractivity contribution in [2.75, 3.05) is 26.4 Å². The van der Waals surface area contributed by atoms with Crippen LogP contribution >= 0.6 is 0 Å². The maximum atomic E-state index is 12.5. The number of hydrogen-bond donors (Lipinski definition) is 2. The van der Waals surface area contributed by atoms with Crippen LogP contribution in [0.4, 0.5) is 0 Å². The number of rotatable bonds is 21. The standard InChI is InChI=1S/C37H52O6/c1-6-8-9-10-11-12-33-19-20-35(22-32(33)7-2)34-17-15-29(16-18-34)13-14-30(25-42-36(40)27(3)4)26-43-37(41)28(5)21-31(23-38)24-39/h15-20,22,30-31,38-39H,3,5-14,21,23-26H2,1-2,4H3. The highest BCUT2D eigenvalue weighted by atomic mass is 16.5. The number of hydrogen-bond acceptors (Lipinski definition) is 6. The van der Waals surface area contributed by atoms with Crippen LogP contribution in [0.25, 0.3) is 11.1 Å². The Balaban J connectivity index is 2.00. The maximum absolute atomic E-state index is 12.5. The summed E-state index contributed by atoms with van der Waals surface area (Å²) < 4.78 is 10.8. The van der Waals surface area contributed by atoms with Crippen molar-refractivity contribution in [3.05, 3.63) is 83.5 Å². The van der Waals surface area contributed by atoms with Gasteiger partial charge in [0.1, 0.15) is 0 Å². The van der Waals surface area contributed by atoms with Gasteiger partial charge in [0.2, 0.25) is 0 Å². The minimum atomic E-state index is -0.582. The molecule has 2 rings (SSSR count). The number of benzene rings is 2. The second-order valence-corrected chi connectivity index (χ2v) is 11.6. The summed E-state index contributed by atoms with van der Waals surface area (Å²) in [5.41, 5.74) is 6.92. The minimum absolute atomic E-state index is 0.0626. The van der Waals surface area contributed by atoms with E-state index in [-0.39, 0.29) is 44.3 Å². The smallest absolute Gasteiger partial charge is 0.333 e. The molecule has 1 atom stereocenters. The van der Waals surface area contributed by atoms with Gasteiger partial charge in [-0.2, -0.15) is 0 Å². The van der Waals surface area contributed by atoms with Crippen molar-refractivity contribution in [2.45, 2.75) is 85.0 Å². The van der Waals surface area contributed by atoms with Gasteiger partial charge in [0.15, 0.2) is 0 Å². The van der Waals surface area contributed by atoms with Crippen LogP contribution in [0.5, 0.6) is 0 Å². The van der Waals surface area contributed by atoms with Crippen molar-refractivity contribution in [3.8, 4) is 11.1 Å². The van der Waals surface area contributed by atoms with Crippen LogP contribution in [0.15, 0.2) is 66.8 Å². The molecule has 2 aromatic carbocycles. The number of aryl methyl sites for hydroxylation is 3. The zero-order valence-corrected chi connectivity index (χ0v) is 26.5. The maximum Gasteiger partial charge on any atom is 0.333 e. The molecule has 236 valence electrons. The molecule has 0 aromatic heterocycles. The summed E-state index contributed by atoms with van der Waals surface area (Å²) >= 11 is 0. The normalized spacial score (nSPS) is 11.8. The average molecular weight is 593 g/mol. The fraction of sp³-hybridized carbons (Fsp3) is 0.514. The zero-order chi connectivity index (χ0) is 31.6. The highest BCUT2D eigenvalue weighted by Crippen LogP contribution is 2.26. The lowest BCUT2D eigenvalue weighted by molar-refractivity contribution is -0.144. The zero-order valence-electron chi connectivity index (χ0n) is 26.5. The second-order valence-electron chi connectivity index (χ2n) is 11.6. The van der Waals surface area contributed by atoms with Gasteiger partial charge in [-0.15, -0.1) is 0 Å². The van der Waals surface area contributed by atoms with E-state index in [0.29, 0.717) is 12.0 Å². The van der Waals surface area contributed by atoms with Gasteiger partial charge in [0, 0.05) is 36.2 Å². The number of ether oxygens (including phenoxy) is 2. The largest absolute Gasteiger partial charge is 0.462 e. The molecular weight excluding hydrogens is 540 g/mol. The molecule has 0 aliphatic carbocycles. The molecule has 0 saturated heterocycles. The van der Waals surface area contributed by atoms with Gasteiger partial charge in [-0.3, -0.25) is 0 Å². The summed E-state index contributed by atoms with van der Waals surface area (Å²) in [5, 5.41) is 18.6. The fourth-order valence-electron chi connectivity index (χ4n) is 4.98. The Morgan fingerprint density at radius 1 is 0.767 bits per heavy atom. The Morgan fingerprint density at radius 2 is 1.40 bits per heavy atom. The van der Waals surface area contributed by atoms with Gasteiger partial charge < -0.3 is 19.7 Å². The van der Waals surface area contributed by atoms with E-state index in [1.165, 1.54) is 54.4 Å². The molecule has 0 heterocycles. The Kier molecular flexibility index (Phi) is 16.6. The minimum Gasteiger partial charge on any atom is -0.462 e. The quantitative estimate of drug-likeness (QED) is 0.0906. The summed E-state index contributed by atoms with van der Waals surface area (Å²) in [7, 11) is 0. The van der Waals surface area contributed by atoms with Crippen molar-refractivity contribution in [2.24, 2.45) is 11.8 Å². The lowest BCUT2D eigenvalue weighted by atomic mass is 9.93. The Bertz CT molecular complexity index is 1160. The van der Waals surface area contributed by atoms with Gasteiger partial charge in [0.25, 0.3) is 0 Å². The molecule has 0 spiro atoms. The van der Waals surface area contributed by atoms with E-state index in [9.17, 15) is 19.8 Å². The fourth-order valence-corrected chi connectivity index (χ4v) is 4.98. The number of aliphatic hydroxyl groups is 2. The molecule has 2 aromatic rings. The summed E-state index contributed by atoms with van der Waals surface area (Å²) in [6, 6.07) is 15.4. The first-order chi connectivity index (χ1) is 20.7. The van der Waals surface area contributed by atoms with Crippen molar-refractivity contribution in [3.63, 3.8) is 0 Å². The Labute approximate surface area is 258 Å². The molecule has 0 aliphatic rings. The first-order valence-corrected chi connectivity index (χ1v) is 15.8. The van der Waals surface area contributed by atoms with Crippen LogP contribution in [0.2, 0.25) is 0 Å². The monoisotopic (exact) mass is 592 g/mol. The van der Waals surface area contributed by atoms with Gasteiger partial charge in [-0.1, -0.05) is 95.2 Å². The molecule has 0 aliphatic heterocycles. The first-order valence-electron chi connectivity index (χ1n) is 15.8. The lowest BCUT2D eigenvalue weighted by Crippen LogP contribution is -2.23. The molecule has 6 nitrogen and oxygen atoms in total. The summed E-state index contributed by atoms with van der Waals surface area (Å²) in [6.45, 7) is 13.1. The molecule has 0 radical (unpaired) electrons. The highest BCUT2D eigenvalue weighted by Gasteiger charge is 2.19. The van der Waals surface area contributed by atoms with E-state index in [1.54, 1.807) is 6.92 Å². The molecule has 6 heteroatoms. The van der Waals surface area contributed by atoms with Crippen molar-refractivity contribution in [1.82, 2.24) is 0 Å². The van der Waals surface area contributed by atoms with E-state index in [2.05, 4.69) is 69.5 Å². The van der Waals surface area contributed by atoms with Crippen molar-refractivity contribution >= 4 is 11.9 Å². The van der Waals surface area contributed by atoms with Gasteiger partial charge in [-0.05, 0) is 73.3 Å². The van der Waals surface area contributed by atoms with Crippen LogP contribution in [0, 0.1) is 11.8 Å². The Hall–Kier alpha value is -3.22. The predicted molar refractivity (Wildman–Crippen MR) is 174 cm³/mol. The molecular formula is C37H52O6.